The zero-order valence-corrected chi connectivity index (χ0v) is 20.1. The van der Waals surface area contributed by atoms with Crippen molar-refractivity contribution in [3.63, 3.8) is 0 Å². The minimum Gasteiger partial charge on any atom is -0.495 e. The number of hydrogen-bond donors (Lipinski definition) is 1. The summed E-state index contributed by atoms with van der Waals surface area (Å²) < 4.78 is 5.52. The van der Waals surface area contributed by atoms with E-state index in [9.17, 15) is 10.1 Å². The van der Waals surface area contributed by atoms with E-state index in [0.717, 1.165) is 42.3 Å². The molecule has 3 aromatic rings. The van der Waals surface area contributed by atoms with E-state index in [1.165, 1.54) is 7.11 Å². The highest BCUT2D eigenvalue weighted by Crippen LogP contribution is 2.38. The normalized spacial score (nSPS) is 15.7. The molecule has 1 aliphatic rings. The molecule has 0 radical (unpaired) electrons. The maximum atomic E-state index is 13.5. The van der Waals surface area contributed by atoms with E-state index >= 15 is 0 Å². The lowest BCUT2D eigenvalue weighted by atomic mass is 9.72. The Morgan fingerprint density at radius 1 is 1.15 bits per heavy atom. The van der Waals surface area contributed by atoms with Gasteiger partial charge in [0.1, 0.15) is 11.8 Å². The first-order valence-electron chi connectivity index (χ1n) is 10.8. The van der Waals surface area contributed by atoms with E-state index < -0.39 is 0 Å². The fraction of sp³-hybridized carbons (Fsp3) is 0.308. The van der Waals surface area contributed by atoms with Gasteiger partial charge in [-0.2, -0.15) is 5.26 Å². The Bertz CT molecular complexity index is 1240. The Morgan fingerprint density at radius 3 is 2.55 bits per heavy atom. The van der Waals surface area contributed by atoms with Gasteiger partial charge in [0.2, 0.25) is 0 Å². The second-order valence-corrected chi connectivity index (χ2v) is 9.37. The lowest BCUT2D eigenvalue weighted by molar-refractivity contribution is 0.0926. The van der Waals surface area contributed by atoms with Crippen LogP contribution in [-0.2, 0) is 5.41 Å². The third-order valence-corrected chi connectivity index (χ3v) is 7.36. The molecule has 170 valence electrons. The van der Waals surface area contributed by atoms with Crippen LogP contribution in [0.5, 0.6) is 5.75 Å². The van der Waals surface area contributed by atoms with Gasteiger partial charge in [-0.15, -0.1) is 0 Å². The number of carbonyl (C=O) groups excluding carboxylic acids is 1. The van der Waals surface area contributed by atoms with Gasteiger partial charge < -0.3 is 15.0 Å². The predicted octanol–water partition coefficient (Wildman–Crippen LogP) is 5.42. The molecule has 0 saturated carbocycles. The monoisotopic (exact) mass is 481 g/mol. The minimum absolute atomic E-state index is 0.265. The number of nitrogens with zero attached hydrogens (tertiary/aromatic N) is 2. The number of amides is 1. The molecule has 3 aromatic carbocycles. The van der Waals surface area contributed by atoms with Crippen LogP contribution in [0.1, 0.15) is 34.3 Å². The van der Waals surface area contributed by atoms with Crippen LogP contribution in [-0.4, -0.2) is 44.6 Å². The molecule has 33 heavy (non-hydrogen) atoms. The van der Waals surface area contributed by atoms with Crippen molar-refractivity contribution in [3.8, 4) is 11.8 Å². The number of benzene rings is 3. The summed E-state index contributed by atoms with van der Waals surface area (Å²) >= 11 is 12.5. The first kappa shape index (κ1) is 23.4. The fourth-order valence-corrected chi connectivity index (χ4v) is 4.93. The van der Waals surface area contributed by atoms with Crippen LogP contribution < -0.4 is 10.1 Å². The molecule has 0 atom stereocenters. The summed E-state index contributed by atoms with van der Waals surface area (Å²) in [7, 11) is 3.58. The average Bonchev–Trinajstić information content (AvgIpc) is 2.84. The Balaban J connectivity index is 1.71. The van der Waals surface area contributed by atoms with E-state index in [4.69, 9.17) is 27.9 Å². The lowest BCUT2D eigenvalue weighted by Gasteiger charge is -2.41. The maximum absolute atomic E-state index is 13.5. The number of rotatable bonds is 5. The summed E-state index contributed by atoms with van der Waals surface area (Å²) in [6.07, 6.45) is 1.75. The van der Waals surface area contributed by atoms with Crippen molar-refractivity contribution >= 4 is 39.9 Å². The summed E-state index contributed by atoms with van der Waals surface area (Å²) in [5.41, 5.74) is 1.50. The Labute approximate surface area is 203 Å². The number of piperidine rings is 1. The number of halogens is 2. The molecule has 1 N–H and O–H groups in total. The molecule has 4 rings (SSSR count). The van der Waals surface area contributed by atoms with Crippen molar-refractivity contribution in [2.75, 3.05) is 33.8 Å². The van der Waals surface area contributed by atoms with Crippen LogP contribution in [0.25, 0.3) is 10.8 Å². The van der Waals surface area contributed by atoms with E-state index in [1.54, 1.807) is 6.07 Å². The van der Waals surface area contributed by atoms with E-state index in [0.29, 0.717) is 33.5 Å². The highest BCUT2D eigenvalue weighted by Gasteiger charge is 2.36. The SMILES string of the molecule is COc1c(C#N)cc2ccccc2c1C(=O)NCC1(c2ccc(Cl)c(Cl)c2)CCN(C)CC1. The standard InChI is InChI=1S/C26H25Cl2N3O2/c1-31-11-9-26(10-12-31,19-7-8-21(27)22(28)14-19)16-30-25(32)23-20-6-4-3-5-17(20)13-18(15-29)24(23)33-2/h3-8,13-14H,9-12,16H2,1-2H3,(H,30,32). The van der Waals surface area contributed by atoms with Gasteiger partial charge in [-0.05, 0) is 67.5 Å². The van der Waals surface area contributed by atoms with Crippen LogP contribution in [0.2, 0.25) is 10.0 Å². The number of likely N-dealkylation sites (tertiary alicyclic amines) is 1. The summed E-state index contributed by atoms with van der Waals surface area (Å²) in [6, 6.07) is 17.1. The molecule has 0 unspecified atom stereocenters. The van der Waals surface area contributed by atoms with Crippen molar-refractivity contribution < 1.29 is 9.53 Å². The minimum atomic E-state index is -0.272. The Hall–Kier alpha value is -2.78. The molecule has 7 heteroatoms. The first-order valence-corrected chi connectivity index (χ1v) is 11.6. The summed E-state index contributed by atoms with van der Waals surface area (Å²) in [4.78, 5) is 15.8. The second kappa shape index (κ2) is 9.61. The van der Waals surface area contributed by atoms with Gasteiger partial charge in [-0.3, -0.25) is 4.79 Å². The highest BCUT2D eigenvalue weighted by molar-refractivity contribution is 6.42. The molecule has 5 nitrogen and oxygen atoms in total. The number of fused-ring (bicyclic) bond motifs is 1. The largest absolute Gasteiger partial charge is 0.495 e. The predicted molar refractivity (Wildman–Crippen MR) is 132 cm³/mol. The molecular formula is C26H25Cl2N3O2. The molecule has 1 amide bonds. The van der Waals surface area contributed by atoms with Gasteiger partial charge in [0.05, 0.1) is 28.3 Å². The summed E-state index contributed by atoms with van der Waals surface area (Å²) in [6.45, 7) is 2.25. The first-order chi connectivity index (χ1) is 15.9. The van der Waals surface area contributed by atoms with Crippen LogP contribution in [0, 0.1) is 11.3 Å². The van der Waals surface area contributed by atoms with Crippen molar-refractivity contribution in [2.24, 2.45) is 0 Å². The van der Waals surface area contributed by atoms with Crippen molar-refractivity contribution in [1.82, 2.24) is 10.2 Å². The van der Waals surface area contributed by atoms with Gasteiger partial charge in [-0.1, -0.05) is 53.5 Å². The number of nitrogens with one attached hydrogen (secondary N) is 1. The van der Waals surface area contributed by atoms with Crippen LogP contribution >= 0.6 is 23.2 Å². The molecule has 1 aliphatic heterocycles. The van der Waals surface area contributed by atoms with E-state index in [2.05, 4.69) is 23.3 Å². The van der Waals surface area contributed by atoms with Gasteiger partial charge in [0.15, 0.2) is 0 Å². The number of nitriles is 1. The number of hydrogen-bond acceptors (Lipinski definition) is 4. The molecule has 0 aromatic heterocycles. The molecule has 0 aliphatic carbocycles. The van der Waals surface area contributed by atoms with Crippen molar-refractivity contribution in [2.45, 2.75) is 18.3 Å². The van der Waals surface area contributed by atoms with Gasteiger partial charge >= 0.3 is 0 Å². The smallest absolute Gasteiger partial charge is 0.255 e. The molecule has 0 bridgehead atoms. The fourth-order valence-electron chi connectivity index (χ4n) is 4.63. The van der Waals surface area contributed by atoms with Gasteiger partial charge in [0.25, 0.3) is 5.91 Å². The Kier molecular flexibility index (Phi) is 6.81. The van der Waals surface area contributed by atoms with Crippen molar-refractivity contribution in [1.29, 1.82) is 5.26 Å². The summed E-state index contributed by atoms with van der Waals surface area (Å²) in [5, 5.41) is 15.4. The quantitative estimate of drug-likeness (QED) is 0.528. The topological polar surface area (TPSA) is 65.4 Å². The molecule has 1 heterocycles. The van der Waals surface area contributed by atoms with Gasteiger partial charge in [-0.25, -0.2) is 0 Å². The zero-order chi connectivity index (χ0) is 23.6. The average molecular weight is 482 g/mol. The van der Waals surface area contributed by atoms with E-state index in [-0.39, 0.29) is 11.3 Å². The van der Waals surface area contributed by atoms with Crippen LogP contribution in [0.15, 0.2) is 48.5 Å². The van der Waals surface area contributed by atoms with E-state index in [1.807, 2.05) is 42.5 Å². The maximum Gasteiger partial charge on any atom is 0.255 e. The molecule has 1 saturated heterocycles. The second-order valence-electron chi connectivity index (χ2n) is 8.56. The lowest BCUT2D eigenvalue weighted by Crippen LogP contribution is -2.48. The van der Waals surface area contributed by atoms with Crippen LogP contribution in [0.4, 0.5) is 0 Å². The molecular weight excluding hydrogens is 457 g/mol. The van der Waals surface area contributed by atoms with Crippen LogP contribution in [0.3, 0.4) is 0 Å². The summed E-state index contributed by atoms with van der Waals surface area (Å²) in [5.74, 6) is 0.0270. The number of methoxy groups -OCH3 is 1. The number of ether oxygens (including phenoxy) is 1. The number of carbonyl (C=O) groups is 1. The molecule has 0 spiro atoms. The third-order valence-electron chi connectivity index (χ3n) is 6.62. The zero-order valence-electron chi connectivity index (χ0n) is 18.6. The van der Waals surface area contributed by atoms with Gasteiger partial charge in [0, 0.05) is 12.0 Å². The molecule has 1 fully saturated rings. The highest BCUT2D eigenvalue weighted by atomic mass is 35.5. The van der Waals surface area contributed by atoms with Crippen molar-refractivity contribution in [3.05, 3.63) is 75.3 Å². The Morgan fingerprint density at radius 2 is 1.88 bits per heavy atom. The third kappa shape index (κ3) is 4.52.